The molecule has 0 aromatic heterocycles. The van der Waals surface area contributed by atoms with Gasteiger partial charge in [-0.25, -0.2) is 8.42 Å². The zero-order chi connectivity index (χ0) is 23.3. The summed E-state index contributed by atoms with van der Waals surface area (Å²) in [4.78, 5) is 12.6. The molecule has 0 unspecified atom stereocenters. The molecular weight excluding hydrogens is 446 g/mol. The van der Waals surface area contributed by atoms with Gasteiger partial charge in [-0.15, -0.1) is 0 Å². The van der Waals surface area contributed by atoms with Crippen LogP contribution in [-0.4, -0.2) is 42.9 Å². The van der Waals surface area contributed by atoms with Gasteiger partial charge in [-0.1, -0.05) is 6.92 Å². The minimum Gasteiger partial charge on any atom is -0.491 e. The Morgan fingerprint density at radius 1 is 1.06 bits per heavy atom. The first kappa shape index (κ1) is 24.2. The van der Waals surface area contributed by atoms with E-state index < -0.39 is 10.0 Å². The van der Waals surface area contributed by atoms with Crippen LogP contribution in [0, 0.1) is 5.92 Å². The fourth-order valence-corrected chi connectivity index (χ4v) is 5.06. The number of rotatable bonds is 6. The summed E-state index contributed by atoms with van der Waals surface area (Å²) in [5.74, 6) is 0.888. The first-order valence-electron chi connectivity index (χ1n) is 10.6. The van der Waals surface area contributed by atoms with E-state index in [4.69, 9.17) is 17.0 Å². The van der Waals surface area contributed by atoms with Gasteiger partial charge in [0.2, 0.25) is 10.0 Å². The van der Waals surface area contributed by atoms with Gasteiger partial charge >= 0.3 is 0 Å². The van der Waals surface area contributed by atoms with E-state index in [1.165, 1.54) is 4.31 Å². The summed E-state index contributed by atoms with van der Waals surface area (Å²) >= 11 is 5.22. The van der Waals surface area contributed by atoms with Crippen LogP contribution in [0.1, 0.15) is 44.0 Å². The van der Waals surface area contributed by atoms with Crippen LogP contribution in [0.25, 0.3) is 0 Å². The number of nitrogens with zero attached hydrogens (tertiary/aromatic N) is 1. The van der Waals surface area contributed by atoms with E-state index in [9.17, 15) is 13.2 Å². The number of piperidine rings is 1. The summed E-state index contributed by atoms with van der Waals surface area (Å²) in [6, 6.07) is 13.2. The molecule has 2 aromatic rings. The molecule has 2 N–H and O–H groups in total. The van der Waals surface area contributed by atoms with Crippen LogP contribution in [0.3, 0.4) is 0 Å². The highest BCUT2D eigenvalue weighted by atomic mass is 32.2. The highest BCUT2D eigenvalue weighted by molar-refractivity contribution is 7.89. The van der Waals surface area contributed by atoms with Crippen LogP contribution in [0.2, 0.25) is 0 Å². The molecule has 32 heavy (non-hydrogen) atoms. The van der Waals surface area contributed by atoms with Crippen molar-refractivity contribution in [2.24, 2.45) is 5.92 Å². The van der Waals surface area contributed by atoms with E-state index in [1.807, 2.05) is 13.8 Å². The lowest BCUT2D eigenvalue weighted by molar-refractivity contribution is 0.0977. The molecule has 1 saturated heterocycles. The maximum atomic E-state index is 12.8. The minimum atomic E-state index is -3.50. The van der Waals surface area contributed by atoms with Crippen molar-refractivity contribution in [3.63, 3.8) is 0 Å². The molecule has 7 nitrogen and oxygen atoms in total. The van der Waals surface area contributed by atoms with E-state index in [2.05, 4.69) is 17.6 Å². The first-order valence-corrected chi connectivity index (χ1v) is 12.5. The molecule has 1 aliphatic heterocycles. The number of nitrogens with one attached hydrogen (secondary N) is 2. The monoisotopic (exact) mass is 475 g/mol. The molecule has 172 valence electrons. The number of hydrogen-bond acceptors (Lipinski definition) is 5. The maximum Gasteiger partial charge on any atom is 0.257 e. The molecule has 3 rings (SSSR count). The quantitative estimate of drug-likeness (QED) is 0.614. The van der Waals surface area contributed by atoms with Crippen LogP contribution < -0.4 is 15.4 Å². The Kier molecular flexibility index (Phi) is 7.86. The van der Waals surface area contributed by atoms with E-state index in [-0.39, 0.29) is 22.0 Å². The standard InChI is InChI=1S/C23H29N3O4S2/c1-16(2)30-20-8-4-18(5-9-20)22(27)25-23(31)24-19-6-10-21(11-7-19)32(28,29)26-14-12-17(3)13-15-26/h4-11,16-17H,12-15H2,1-3H3,(H2,24,25,27,31). The molecule has 1 fully saturated rings. The predicted molar refractivity (Wildman–Crippen MR) is 129 cm³/mol. The van der Waals surface area contributed by atoms with Crippen LogP contribution >= 0.6 is 12.2 Å². The van der Waals surface area contributed by atoms with Gasteiger partial charge in [-0.3, -0.25) is 10.1 Å². The Labute approximate surface area is 195 Å². The number of ether oxygens (including phenoxy) is 1. The lowest BCUT2D eigenvalue weighted by atomic mass is 10.0. The second kappa shape index (κ2) is 10.4. The van der Waals surface area contributed by atoms with Gasteiger partial charge in [0.05, 0.1) is 11.0 Å². The zero-order valence-electron chi connectivity index (χ0n) is 18.5. The number of sulfonamides is 1. The fraction of sp³-hybridized carbons (Fsp3) is 0.391. The average molecular weight is 476 g/mol. The average Bonchev–Trinajstić information content (AvgIpc) is 2.74. The smallest absolute Gasteiger partial charge is 0.257 e. The molecule has 0 atom stereocenters. The number of carbonyl (C=O) groups is 1. The summed E-state index contributed by atoms with van der Waals surface area (Å²) in [6.45, 7) is 7.10. The van der Waals surface area contributed by atoms with Crippen LogP contribution in [0.4, 0.5) is 5.69 Å². The molecular formula is C23H29N3O4S2. The Balaban J connectivity index is 1.57. The molecule has 0 saturated carbocycles. The number of amides is 1. The van der Waals surface area contributed by atoms with Gasteiger partial charge in [0.25, 0.3) is 5.91 Å². The second-order valence-electron chi connectivity index (χ2n) is 8.21. The van der Waals surface area contributed by atoms with Crippen molar-refractivity contribution in [2.45, 2.75) is 44.6 Å². The van der Waals surface area contributed by atoms with Crippen LogP contribution in [0.15, 0.2) is 53.4 Å². The molecule has 0 bridgehead atoms. The second-order valence-corrected chi connectivity index (χ2v) is 10.6. The summed E-state index contributed by atoms with van der Waals surface area (Å²) < 4.78 is 32.8. The van der Waals surface area contributed by atoms with Gasteiger partial charge in [0.1, 0.15) is 5.75 Å². The Morgan fingerprint density at radius 3 is 2.22 bits per heavy atom. The highest BCUT2D eigenvalue weighted by Gasteiger charge is 2.27. The lowest BCUT2D eigenvalue weighted by Crippen LogP contribution is -2.37. The third-order valence-electron chi connectivity index (χ3n) is 5.21. The summed E-state index contributed by atoms with van der Waals surface area (Å²) in [5, 5.41) is 5.65. The number of carbonyl (C=O) groups excluding carboxylic acids is 1. The van der Waals surface area contributed by atoms with Crippen molar-refractivity contribution in [1.29, 1.82) is 0 Å². The van der Waals surface area contributed by atoms with Crippen molar-refractivity contribution >= 4 is 38.9 Å². The summed E-state index contributed by atoms with van der Waals surface area (Å²) in [6.07, 6.45) is 1.80. The number of anilines is 1. The SMILES string of the molecule is CC1CCN(S(=O)(=O)c2ccc(NC(=S)NC(=O)c3ccc(OC(C)C)cc3)cc2)CC1. The van der Waals surface area contributed by atoms with Gasteiger partial charge in [0, 0.05) is 24.3 Å². The van der Waals surface area contributed by atoms with Crippen molar-refractivity contribution < 1.29 is 17.9 Å². The summed E-state index contributed by atoms with van der Waals surface area (Å²) in [5.41, 5.74) is 1.03. The van der Waals surface area contributed by atoms with Gasteiger partial charge in [-0.05, 0) is 93.4 Å². The lowest BCUT2D eigenvalue weighted by Gasteiger charge is -2.29. The van der Waals surface area contributed by atoms with Crippen molar-refractivity contribution in [1.82, 2.24) is 9.62 Å². The molecule has 1 amide bonds. The molecule has 1 aliphatic rings. The fourth-order valence-electron chi connectivity index (χ4n) is 3.38. The Morgan fingerprint density at radius 2 is 1.66 bits per heavy atom. The van der Waals surface area contributed by atoms with Gasteiger partial charge in [-0.2, -0.15) is 4.31 Å². The third-order valence-corrected chi connectivity index (χ3v) is 7.32. The molecule has 9 heteroatoms. The van der Waals surface area contributed by atoms with Crippen molar-refractivity contribution in [2.75, 3.05) is 18.4 Å². The largest absolute Gasteiger partial charge is 0.491 e. The Bertz CT molecular complexity index is 1040. The number of hydrogen-bond donors (Lipinski definition) is 2. The van der Waals surface area contributed by atoms with E-state index in [0.717, 1.165) is 12.8 Å². The minimum absolute atomic E-state index is 0.0522. The molecule has 2 aromatic carbocycles. The van der Waals surface area contributed by atoms with E-state index >= 15 is 0 Å². The van der Waals surface area contributed by atoms with Crippen molar-refractivity contribution in [3.8, 4) is 5.75 Å². The predicted octanol–water partition coefficient (Wildman–Crippen LogP) is 4.02. The first-order chi connectivity index (χ1) is 15.1. The molecule has 0 aliphatic carbocycles. The normalized spacial score (nSPS) is 15.4. The number of benzene rings is 2. The van der Waals surface area contributed by atoms with Crippen molar-refractivity contribution in [3.05, 3.63) is 54.1 Å². The summed E-state index contributed by atoms with van der Waals surface area (Å²) in [7, 11) is -3.50. The molecule has 0 radical (unpaired) electrons. The van der Waals surface area contributed by atoms with Gasteiger partial charge in [0.15, 0.2) is 5.11 Å². The van der Waals surface area contributed by atoms with E-state index in [0.29, 0.717) is 36.0 Å². The molecule has 1 heterocycles. The number of thiocarbonyl (C=S) groups is 1. The highest BCUT2D eigenvalue weighted by Crippen LogP contribution is 2.24. The van der Waals surface area contributed by atoms with Gasteiger partial charge < -0.3 is 10.1 Å². The molecule has 0 spiro atoms. The van der Waals surface area contributed by atoms with Crippen LogP contribution in [0.5, 0.6) is 5.75 Å². The third kappa shape index (κ3) is 6.27. The van der Waals surface area contributed by atoms with Crippen LogP contribution in [-0.2, 0) is 10.0 Å². The zero-order valence-corrected chi connectivity index (χ0v) is 20.1. The Hall–Kier alpha value is -2.49. The maximum absolute atomic E-state index is 12.8. The topological polar surface area (TPSA) is 87.7 Å². The van der Waals surface area contributed by atoms with E-state index in [1.54, 1.807) is 48.5 Å².